The predicted molar refractivity (Wildman–Crippen MR) is 71.5 cm³/mol. The number of piperazine rings is 1. The molecule has 1 aromatic heterocycles. The summed E-state index contributed by atoms with van der Waals surface area (Å²) in [6.07, 6.45) is 3.42. The van der Waals surface area contributed by atoms with E-state index in [1.54, 1.807) is 12.4 Å². The number of hydrogen-bond acceptors (Lipinski definition) is 3. The van der Waals surface area contributed by atoms with Gasteiger partial charge in [0.2, 0.25) is 0 Å². The highest BCUT2D eigenvalue weighted by atomic mass is 16.2. The molecule has 0 bridgehead atoms. The van der Waals surface area contributed by atoms with Crippen LogP contribution >= 0.6 is 0 Å². The molecule has 2 aromatic rings. The Morgan fingerprint density at radius 1 is 1.05 bits per heavy atom. The molecule has 1 fully saturated rings. The Bertz CT molecular complexity index is 529. The van der Waals surface area contributed by atoms with Gasteiger partial charge in [-0.15, -0.1) is 0 Å². The maximum atomic E-state index is 12.5. The number of pyridine rings is 1. The van der Waals surface area contributed by atoms with Crippen molar-refractivity contribution in [3.63, 3.8) is 0 Å². The lowest BCUT2D eigenvalue weighted by molar-refractivity contribution is -0.128. The van der Waals surface area contributed by atoms with Crippen molar-refractivity contribution in [2.24, 2.45) is 0 Å². The third-order valence-electron chi connectivity index (χ3n) is 3.38. The number of rotatable bonds is 2. The van der Waals surface area contributed by atoms with Gasteiger partial charge in [-0.3, -0.25) is 15.1 Å². The Balaban J connectivity index is 2.19. The molecule has 1 aliphatic heterocycles. The van der Waals surface area contributed by atoms with E-state index in [-0.39, 0.29) is 5.91 Å². The van der Waals surface area contributed by atoms with Crippen molar-refractivity contribution in [2.45, 2.75) is 5.54 Å². The molecule has 0 aliphatic carbocycles. The fraction of sp³-hybridized carbons (Fsp3) is 0.200. The van der Waals surface area contributed by atoms with Crippen molar-refractivity contribution in [1.29, 1.82) is 0 Å². The van der Waals surface area contributed by atoms with Gasteiger partial charge in [-0.05, 0) is 11.6 Å². The van der Waals surface area contributed by atoms with Crippen molar-refractivity contribution in [3.05, 3.63) is 66.0 Å². The third kappa shape index (κ3) is 1.90. The second-order valence-corrected chi connectivity index (χ2v) is 4.47. The van der Waals surface area contributed by atoms with E-state index in [0.29, 0.717) is 13.1 Å². The summed E-state index contributed by atoms with van der Waals surface area (Å²) in [4.78, 5) is 16.6. The van der Waals surface area contributed by atoms with Gasteiger partial charge in [0.15, 0.2) is 5.54 Å². The minimum absolute atomic E-state index is 0.155. The summed E-state index contributed by atoms with van der Waals surface area (Å²) in [5, 5.41) is 7.44. The van der Waals surface area contributed by atoms with Crippen LogP contribution in [-0.4, -0.2) is 24.0 Å². The van der Waals surface area contributed by atoms with E-state index >= 15 is 0 Å². The average Bonchev–Trinajstić information content (AvgIpc) is 2.50. The van der Waals surface area contributed by atoms with Crippen LogP contribution < -0.4 is 10.6 Å². The largest absolute Gasteiger partial charge is 0.294 e. The highest BCUT2D eigenvalue weighted by Crippen LogP contribution is 2.31. The fourth-order valence-electron chi connectivity index (χ4n) is 2.49. The van der Waals surface area contributed by atoms with Crippen LogP contribution in [0.3, 0.4) is 0 Å². The van der Waals surface area contributed by atoms with Crippen LogP contribution in [-0.2, 0) is 10.3 Å². The number of hydrogen-bond donors (Lipinski definition) is 1. The van der Waals surface area contributed by atoms with Gasteiger partial charge in [0.25, 0.3) is 5.91 Å². The zero-order valence-corrected chi connectivity index (χ0v) is 10.4. The lowest BCUT2D eigenvalue weighted by Gasteiger charge is -2.36. The molecule has 4 heteroatoms. The molecule has 4 nitrogen and oxygen atoms in total. The monoisotopic (exact) mass is 252 g/mol. The van der Waals surface area contributed by atoms with Crippen LogP contribution in [0.4, 0.5) is 0 Å². The summed E-state index contributed by atoms with van der Waals surface area (Å²) >= 11 is 0. The molecule has 1 aromatic carbocycles. The van der Waals surface area contributed by atoms with Crippen molar-refractivity contribution in [3.8, 4) is 0 Å². The van der Waals surface area contributed by atoms with Crippen LogP contribution in [0.5, 0.6) is 0 Å². The molecule has 1 N–H and O–H groups in total. The van der Waals surface area contributed by atoms with Crippen LogP contribution in [0.15, 0.2) is 54.9 Å². The number of nitrogens with zero attached hydrogens (tertiary/aromatic N) is 2. The first-order valence-corrected chi connectivity index (χ1v) is 6.27. The van der Waals surface area contributed by atoms with Crippen molar-refractivity contribution in [2.75, 3.05) is 13.1 Å². The highest BCUT2D eigenvalue weighted by Gasteiger charge is 2.44. The molecule has 1 aliphatic rings. The lowest BCUT2D eigenvalue weighted by atomic mass is 9.81. The van der Waals surface area contributed by atoms with Gasteiger partial charge in [-0.25, -0.2) is 5.32 Å². The van der Waals surface area contributed by atoms with Crippen molar-refractivity contribution in [1.82, 2.24) is 15.6 Å². The van der Waals surface area contributed by atoms with E-state index < -0.39 is 5.54 Å². The number of amides is 1. The number of aromatic nitrogens is 1. The molecular formula is C15H14N3O. The van der Waals surface area contributed by atoms with Crippen LogP contribution in [0.2, 0.25) is 0 Å². The van der Waals surface area contributed by atoms with Crippen LogP contribution in [0.1, 0.15) is 11.1 Å². The maximum Gasteiger partial charge on any atom is 0.270 e. The van der Waals surface area contributed by atoms with E-state index in [1.807, 2.05) is 42.5 Å². The zero-order chi connectivity index (χ0) is 13.1. The molecule has 0 saturated carbocycles. The molecule has 1 amide bonds. The zero-order valence-electron chi connectivity index (χ0n) is 10.4. The third-order valence-corrected chi connectivity index (χ3v) is 3.38. The van der Waals surface area contributed by atoms with Gasteiger partial charge in [0, 0.05) is 24.5 Å². The van der Waals surface area contributed by atoms with E-state index in [2.05, 4.69) is 15.6 Å². The number of carbonyl (C=O) groups is 1. The molecule has 1 atom stereocenters. The van der Waals surface area contributed by atoms with E-state index in [9.17, 15) is 4.79 Å². The molecule has 95 valence electrons. The van der Waals surface area contributed by atoms with Gasteiger partial charge in [0.05, 0.1) is 6.54 Å². The first-order valence-electron chi connectivity index (χ1n) is 6.27. The van der Waals surface area contributed by atoms with Gasteiger partial charge >= 0.3 is 0 Å². The normalized spacial score (nSPS) is 22.8. The van der Waals surface area contributed by atoms with Gasteiger partial charge < -0.3 is 0 Å². The number of benzene rings is 1. The maximum absolute atomic E-state index is 12.5. The quantitative estimate of drug-likeness (QED) is 0.869. The topological polar surface area (TPSA) is 56.1 Å². The summed E-state index contributed by atoms with van der Waals surface area (Å²) in [5.74, 6) is -0.155. The Morgan fingerprint density at radius 2 is 1.84 bits per heavy atom. The Labute approximate surface area is 111 Å². The number of carbonyl (C=O) groups excluding carboxylic acids is 1. The van der Waals surface area contributed by atoms with Gasteiger partial charge in [0.1, 0.15) is 0 Å². The average molecular weight is 252 g/mol. The fourth-order valence-corrected chi connectivity index (χ4v) is 2.49. The van der Waals surface area contributed by atoms with E-state index in [1.165, 1.54) is 0 Å². The van der Waals surface area contributed by atoms with Crippen LogP contribution in [0, 0.1) is 0 Å². The first kappa shape index (κ1) is 11.9. The molecule has 2 heterocycles. The molecule has 19 heavy (non-hydrogen) atoms. The molecule has 1 unspecified atom stereocenters. The molecule has 3 rings (SSSR count). The van der Waals surface area contributed by atoms with E-state index in [4.69, 9.17) is 0 Å². The first-order chi connectivity index (χ1) is 9.34. The SMILES string of the molecule is O=C1[N]CCNC1(c1ccccc1)c1cccnc1. The summed E-state index contributed by atoms with van der Waals surface area (Å²) in [5.41, 5.74) is 0.833. The molecule has 0 spiro atoms. The summed E-state index contributed by atoms with van der Waals surface area (Å²) in [6, 6.07) is 13.4. The summed E-state index contributed by atoms with van der Waals surface area (Å²) in [6.45, 7) is 1.20. The molecule has 1 saturated heterocycles. The number of nitrogens with one attached hydrogen (secondary N) is 1. The Morgan fingerprint density at radius 3 is 2.53 bits per heavy atom. The van der Waals surface area contributed by atoms with Gasteiger partial charge in [-0.2, -0.15) is 0 Å². The minimum atomic E-state index is -0.895. The predicted octanol–water partition coefficient (Wildman–Crippen LogP) is 1.06. The smallest absolute Gasteiger partial charge is 0.270 e. The van der Waals surface area contributed by atoms with Gasteiger partial charge in [-0.1, -0.05) is 36.4 Å². The van der Waals surface area contributed by atoms with Crippen molar-refractivity contribution < 1.29 is 4.79 Å². The minimum Gasteiger partial charge on any atom is -0.294 e. The Hall–Kier alpha value is -2.20. The molecular weight excluding hydrogens is 238 g/mol. The molecule has 1 radical (unpaired) electrons. The van der Waals surface area contributed by atoms with E-state index in [0.717, 1.165) is 11.1 Å². The highest BCUT2D eigenvalue weighted by molar-refractivity contribution is 5.92. The lowest BCUT2D eigenvalue weighted by Crippen LogP contribution is -2.59. The summed E-state index contributed by atoms with van der Waals surface area (Å²) in [7, 11) is 0. The summed E-state index contributed by atoms with van der Waals surface area (Å²) < 4.78 is 0. The second-order valence-electron chi connectivity index (χ2n) is 4.47. The Kier molecular flexibility index (Phi) is 3.01. The van der Waals surface area contributed by atoms with Crippen molar-refractivity contribution >= 4 is 5.91 Å². The standard InChI is InChI=1S/C15H14N3O/c19-14-15(18-10-9-17-14,12-5-2-1-3-6-12)13-7-4-8-16-11-13/h1-8,11,18H,9-10H2. The van der Waals surface area contributed by atoms with Crippen LogP contribution in [0.25, 0.3) is 0 Å². The second kappa shape index (κ2) is 4.82.